The molecule has 0 aliphatic rings. The zero-order chi connectivity index (χ0) is 10.9. The van der Waals surface area contributed by atoms with Crippen LogP contribution in [0.15, 0.2) is 0 Å². The highest BCUT2D eigenvalue weighted by atomic mass is 16.6. The van der Waals surface area contributed by atoms with Crippen LogP contribution in [0.2, 0.25) is 0 Å². The van der Waals surface area contributed by atoms with E-state index in [9.17, 15) is 14.9 Å². The first-order chi connectivity index (χ1) is 6.43. The van der Waals surface area contributed by atoms with E-state index >= 15 is 0 Å². The lowest BCUT2D eigenvalue weighted by Gasteiger charge is -1.94. The average Bonchev–Trinajstić information content (AvgIpc) is 2.45. The molecule has 76 valence electrons. The molecule has 1 aromatic rings. The van der Waals surface area contributed by atoms with Crippen LogP contribution < -0.4 is 5.73 Å². The third-order valence-corrected chi connectivity index (χ3v) is 1.46. The van der Waals surface area contributed by atoms with Crippen molar-refractivity contribution in [3.8, 4) is 0 Å². The lowest BCUT2D eigenvalue weighted by atomic mass is 10.3. The summed E-state index contributed by atoms with van der Waals surface area (Å²) in [4.78, 5) is 23.3. The van der Waals surface area contributed by atoms with Gasteiger partial charge in [-0.25, -0.2) is 4.79 Å². The van der Waals surface area contributed by atoms with Crippen LogP contribution in [-0.4, -0.2) is 30.8 Å². The molecule has 0 bridgehead atoms. The van der Waals surface area contributed by atoms with Gasteiger partial charge in [0.25, 0.3) is 5.82 Å². The highest BCUT2D eigenvalue weighted by Gasteiger charge is 2.27. The highest BCUT2D eigenvalue weighted by Crippen LogP contribution is 2.10. The fourth-order valence-corrected chi connectivity index (χ4v) is 0.797. The number of aromatic nitrogens is 3. The third-order valence-electron chi connectivity index (χ3n) is 1.46. The zero-order valence-corrected chi connectivity index (χ0v) is 7.12. The summed E-state index contributed by atoms with van der Waals surface area (Å²) < 4.78 is 0.859. The lowest BCUT2D eigenvalue weighted by Crippen LogP contribution is -2.22. The molecule has 9 heteroatoms. The second-order valence-electron chi connectivity index (χ2n) is 2.47. The van der Waals surface area contributed by atoms with Crippen molar-refractivity contribution in [1.29, 1.82) is 0 Å². The van der Waals surface area contributed by atoms with E-state index in [2.05, 4.69) is 10.1 Å². The summed E-state index contributed by atoms with van der Waals surface area (Å²) in [5.41, 5.74) is 5.16. The van der Waals surface area contributed by atoms with Gasteiger partial charge in [0.1, 0.15) is 0 Å². The standard InChI is InChI=1S/C5H7N5O4/c1-9-5(10(13)14)7-3(8-9)2(6)4(11)12/h2H,6H2,1H3,(H,11,12). The second-order valence-corrected chi connectivity index (χ2v) is 2.47. The minimum Gasteiger partial charge on any atom is -0.480 e. The number of carbonyl (C=O) groups is 1. The van der Waals surface area contributed by atoms with Gasteiger partial charge >= 0.3 is 11.9 Å². The van der Waals surface area contributed by atoms with Crippen LogP contribution >= 0.6 is 0 Å². The number of rotatable bonds is 3. The van der Waals surface area contributed by atoms with E-state index in [1.54, 1.807) is 0 Å². The number of aliphatic carboxylic acids is 1. The quantitative estimate of drug-likeness (QED) is 0.463. The largest absolute Gasteiger partial charge is 0.480 e. The van der Waals surface area contributed by atoms with E-state index in [0.29, 0.717) is 0 Å². The van der Waals surface area contributed by atoms with Crippen molar-refractivity contribution in [3.63, 3.8) is 0 Å². The average molecular weight is 201 g/mol. The van der Waals surface area contributed by atoms with E-state index in [0.717, 1.165) is 4.68 Å². The summed E-state index contributed by atoms with van der Waals surface area (Å²) in [7, 11) is 1.28. The first-order valence-corrected chi connectivity index (χ1v) is 3.47. The molecule has 1 aromatic heterocycles. The second kappa shape index (κ2) is 3.38. The number of hydrogen-bond acceptors (Lipinski definition) is 6. The molecule has 9 nitrogen and oxygen atoms in total. The number of nitrogens with two attached hydrogens (primary N) is 1. The SMILES string of the molecule is Cn1nc(C(N)C(=O)O)nc1[N+](=O)[O-]. The molecule has 0 aliphatic heterocycles. The zero-order valence-electron chi connectivity index (χ0n) is 7.12. The predicted octanol–water partition coefficient (Wildman–Crippen LogP) is -1.19. The Bertz CT molecular complexity index is 385. The van der Waals surface area contributed by atoms with Gasteiger partial charge < -0.3 is 21.0 Å². The minimum absolute atomic E-state index is 0.285. The summed E-state index contributed by atoms with van der Waals surface area (Å²) in [5.74, 6) is -2.17. The Kier molecular flexibility index (Phi) is 2.42. The van der Waals surface area contributed by atoms with Crippen molar-refractivity contribution in [2.75, 3.05) is 0 Å². The molecule has 0 saturated carbocycles. The van der Waals surface area contributed by atoms with Crippen molar-refractivity contribution in [3.05, 3.63) is 15.9 Å². The molecule has 1 rings (SSSR count). The van der Waals surface area contributed by atoms with Gasteiger partial charge in [-0.3, -0.25) is 0 Å². The minimum atomic E-state index is -1.45. The summed E-state index contributed by atoms with van der Waals surface area (Å²) >= 11 is 0. The predicted molar refractivity (Wildman–Crippen MR) is 42.2 cm³/mol. The van der Waals surface area contributed by atoms with Gasteiger partial charge in [0.15, 0.2) is 6.04 Å². The van der Waals surface area contributed by atoms with Crippen LogP contribution in [0.5, 0.6) is 0 Å². The van der Waals surface area contributed by atoms with Gasteiger partial charge in [-0.1, -0.05) is 5.10 Å². The summed E-state index contributed by atoms with van der Waals surface area (Å²) in [6.07, 6.45) is 0. The van der Waals surface area contributed by atoms with Gasteiger partial charge in [-0.2, -0.15) is 0 Å². The molecule has 1 unspecified atom stereocenters. The van der Waals surface area contributed by atoms with Crippen molar-refractivity contribution < 1.29 is 14.8 Å². The van der Waals surface area contributed by atoms with E-state index in [1.807, 2.05) is 0 Å². The fourth-order valence-electron chi connectivity index (χ4n) is 0.797. The summed E-state index contributed by atoms with van der Waals surface area (Å²) in [6, 6.07) is -1.45. The smallest absolute Gasteiger partial charge is 0.455 e. The van der Waals surface area contributed by atoms with Crippen molar-refractivity contribution in [2.24, 2.45) is 12.8 Å². The molecule has 0 aliphatic carbocycles. The van der Waals surface area contributed by atoms with Crippen molar-refractivity contribution in [1.82, 2.24) is 14.8 Å². The molecular formula is C5H7N5O4. The Morgan fingerprint density at radius 1 is 1.79 bits per heavy atom. The first-order valence-electron chi connectivity index (χ1n) is 3.47. The number of hydrogen-bond donors (Lipinski definition) is 2. The summed E-state index contributed by atoms with van der Waals surface area (Å²) in [5, 5.41) is 22.3. The molecule has 0 amide bonds. The monoisotopic (exact) mass is 201 g/mol. The van der Waals surface area contributed by atoms with Gasteiger partial charge in [0, 0.05) is 0 Å². The van der Waals surface area contributed by atoms with Crippen LogP contribution in [0.3, 0.4) is 0 Å². The molecule has 0 fully saturated rings. The molecule has 0 radical (unpaired) electrons. The van der Waals surface area contributed by atoms with Crippen molar-refractivity contribution in [2.45, 2.75) is 6.04 Å². The van der Waals surface area contributed by atoms with Gasteiger partial charge in [0.2, 0.25) is 0 Å². The van der Waals surface area contributed by atoms with Crippen LogP contribution in [0.4, 0.5) is 5.95 Å². The topological polar surface area (TPSA) is 137 Å². The van der Waals surface area contributed by atoms with E-state index in [1.165, 1.54) is 7.05 Å². The molecule has 1 atom stereocenters. The maximum Gasteiger partial charge on any atom is 0.455 e. The Morgan fingerprint density at radius 2 is 2.36 bits per heavy atom. The van der Waals surface area contributed by atoms with Crippen LogP contribution in [0.1, 0.15) is 11.9 Å². The molecular weight excluding hydrogens is 194 g/mol. The maximum absolute atomic E-state index is 10.4. The van der Waals surface area contributed by atoms with Crippen LogP contribution in [0.25, 0.3) is 0 Å². The van der Waals surface area contributed by atoms with Gasteiger partial charge in [0.05, 0.1) is 7.05 Å². The lowest BCUT2D eigenvalue weighted by molar-refractivity contribution is -0.396. The Labute approximate surface area is 77.3 Å². The molecule has 0 aromatic carbocycles. The maximum atomic E-state index is 10.4. The van der Waals surface area contributed by atoms with Crippen LogP contribution in [0, 0.1) is 10.1 Å². The number of carboxylic acids is 1. The number of nitro groups is 1. The molecule has 14 heavy (non-hydrogen) atoms. The van der Waals surface area contributed by atoms with Crippen molar-refractivity contribution >= 4 is 11.9 Å². The Balaban J connectivity index is 3.08. The Hall–Kier alpha value is -2.03. The van der Waals surface area contributed by atoms with Gasteiger partial charge in [-0.15, -0.1) is 4.68 Å². The number of nitrogens with zero attached hydrogens (tertiary/aromatic N) is 4. The fraction of sp³-hybridized carbons (Fsp3) is 0.400. The van der Waals surface area contributed by atoms with E-state index in [4.69, 9.17) is 10.8 Å². The molecule has 3 N–H and O–H groups in total. The summed E-state index contributed by atoms with van der Waals surface area (Å²) in [6.45, 7) is 0. The third kappa shape index (κ3) is 1.66. The van der Waals surface area contributed by atoms with Gasteiger partial charge in [-0.05, 0) is 9.91 Å². The number of carboxylic acid groups (broad SMARTS) is 1. The normalized spacial score (nSPS) is 12.4. The first kappa shape index (κ1) is 10.1. The van der Waals surface area contributed by atoms with E-state index in [-0.39, 0.29) is 5.82 Å². The Morgan fingerprint density at radius 3 is 2.71 bits per heavy atom. The molecule has 1 heterocycles. The molecule has 0 spiro atoms. The highest BCUT2D eigenvalue weighted by molar-refractivity contribution is 5.73. The van der Waals surface area contributed by atoms with Crippen LogP contribution in [-0.2, 0) is 11.8 Å². The number of aryl methyl sites for hydroxylation is 1. The molecule has 0 saturated heterocycles. The van der Waals surface area contributed by atoms with E-state index < -0.39 is 22.9 Å².